The number of nitrogens with one attached hydrogen (secondary N) is 1. The van der Waals surface area contributed by atoms with Gasteiger partial charge in [0.25, 0.3) is 0 Å². The molecule has 4 rings (SSSR count). The second kappa shape index (κ2) is 6.02. The van der Waals surface area contributed by atoms with Crippen LogP contribution in [0.4, 0.5) is 11.4 Å². The molecule has 6 nitrogen and oxygen atoms in total. The molecule has 2 fully saturated rings. The van der Waals surface area contributed by atoms with Crippen LogP contribution in [0.3, 0.4) is 0 Å². The van der Waals surface area contributed by atoms with E-state index in [0.717, 1.165) is 18.5 Å². The lowest BCUT2D eigenvalue weighted by Crippen LogP contribution is -2.36. The second-order valence-corrected chi connectivity index (χ2v) is 7.03. The molecule has 1 saturated heterocycles. The Labute approximate surface area is 145 Å². The zero-order valence-corrected chi connectivity index (χ0v) is 13.7. The summed E-state index contributed by atoms with van der Waals surface area (Å²) < 4.78 is 0. The highest BCUT2D eigenvalue weighted by molar-refractivity contribution is 5.98. The van der Waals surface area contributed by atoms with Crippen LogP contribution in [-0.2, 0) is 14.4 Å². The fourth-order valence-corrected chi connectivity index (χ4v) is 4.41. The van der Waals surface area contributed by atoms with Gasteiger partial charge in [-0.15, -0.1) is 0 Å². The molecule has 1 aromatic carbocycles. The third-order valence-electron chi connectivity index (χ3n) is 5.55. The van der Waals surface area contributed by atoms with Crippen LogP contribution >= 0.6 is 0 Å². The molecule has 2 aliphatic carbocycles. The smallest absolute Gasteiger partial charge is 0.307 e. The Hall–Kier alpha value is -2.63. The van der Waals surface area contributed by atoms with Crippen LogP contribution < -0.4 is 10.2 Å². The van der Waals surface area contributed by atoms with Crippen LogP contribution in [0, 0.1) is 23.7 Å². The first-order valence-corrected chi connectivity index (χ1v) is 8.67. The highest BCUT2D eigenvalue weighted by atomic mass is 16.4. The molecular formula is C19H20N2O4. The Morgan fingerprint density at radius 1 is 1.16 bits per heavy atom. The molecule has 1 aliphatic heterocycles. The maximum atomic E-state index is 12.7. The summed E-state index contributed by atoms with van der Waals surface area (Å²) in [5.74, 6) is -2.32. The Morgan fingerprint density at radius 3 is 2.60 bits per heavy atom. The van der Waals surface area contributed by atoms with Crippen LogP contribution in [0.5, 0.6) is 0 Å². The lowest BCUT2D eigenvalue weighted by atomic mass is 9.82. The van der Waals surface area contributed by atoms with Crippen LogP contribution in [0.1, 0.15) is 19.3 Å². The molecule has 1 heterocycles. The quantitative estimate of drug-likeness (QED) is 0.823. The van der Waals surface area contributed by atoms with Crippen molar-refractivity contribution in [1.82, 2.24) is 0 Å². The average molecular weight is 340 g/mol. The molecule has 25 heavy (non-hydrogen) atoms. The number of carbonyl (C=O) groups excluding carboxylic acids is 2. The van der Waals surface area contributed by atoms with Gasteiger partial charge in [0.05, 0.1) is 11.8 Å². The van der Waals surface area contributed by atoms with Crippen molar-refractivity contribution in [1.29, 1.82) is 0 Å². The molecule has 1 saturated carbocycles. The van der Waals surface area contributed by atoms with Gasteiger partial charge in [0.2, 0.25) is 11.8 Å². The van der Waals surface area contributed by atoms with Gasteiger partial charge in [-0.3, -0.25) is 14.4 Å². The molecule has 2 bridgehead atoms. The van der Waals surface area contributed by atoms with Crippen LogP contribution in [0.25, 0.3) is 0 Å². The number of carbonyl (C=O) groups is 3. The molecule has 0 aromatic heterocycles. The first-order chi connectivity index (χ1) is 12.0. The third-order valence-corrected chi connectivity index (χ3v) is 5.55. The number of allylic oxidation sites excluding steroid dienone is 2. The number of hydrogen-bond acceptors (Lipinski definition) is 3. The SMILES string of the molecule is O=C(O)C1C2C=CC(C2)C1C(=O)Nc1cccc(N2CCCC2=O)c1. The minimum absolute atomic E-state index is 0.00515. The van der Waals surface area contributed by atoms with Crippen LogP contribution in [0.2, 0.25) is 0 Å². The summed E-state index contributed by atoms with van der Waals surface area (Å²) in [6.07, 6.45) is 6.01. The van der Waals surface area contributed by atoms with E-state index in [1.807, 2.05) is 18.2 Å². The summed E-state index contributed by atoms with van der Waals surface area (Å²) in [7, 11) is 0. The number of nitrogens with zero attached hydrogens (tertiary/aromatic N) is 1. The van der Waals surface area contributed by atoms with Gasteiger partial charge in [-0.2, -0.15) is 0 Å². The molecule has 3 aliphatic rings. The van der Waals surface area contributed by atoms with E-state index in [1.165, 1.54) is 0 Å². The number of carboxylic acids is 1. The Morgan fingerprint density at radius 2 is 1.92 bits per heavy atom. The van der Waals surface area contributed by atoms with E-state index in [1.54, 1.807) is 23.1 Å². The van der Waals surface area contributed by atoms with Gasteiger partial charge in [0.1, 0.15) is 0 Å². The van der Waals surface area contributed by atoms with Gasteiger partial charge in [0, 0.05) is 24.3 Å². The lowest BCUT2D eigenvalue weighted by molar-refractivity contribution is -0.146. The minimum atomic E-state index is -0.909. The monoisotopic (exact) mass is 340 g/mol. The van der Waals surface area contributed by atoms with Gasteiger partial charge >= 0.3 is 5.97 Å². The Balaban J connectivity index is 1.52. The summed E-state index contributed by atoms with van der Waals surface area (Å²) in [5, 5.41) is 12.3. The van der Waals surface area contributed by atoms with Crippen molar-refractivity contribution in [3.05, 3.63) is 36.4 Å². The molecule has 4 unspecified atom stereocenters. The molecule has 2 amide bonds. The van der Waals surface area contributed by atoms with Gasteiger partial charge in [0.15, 0.2) is 0 Å². The van der Waals surface area contributed by atoms with E-state index in [-0.39, 0.29) is 23.7 Å². The van der Waals surface area contributed by atoms with Crippen molar-refractivity contribution in [2.75, 3.05) is 16.8 Å². The van der Waals surface area contributed by atoms with E-state index >= 15 is 0 Å². The predicted octanol–water partition coefficient (Wildman–Crippen LogP) is 2.27. The van der Waals surface area contributed by atoms with Crippen molar-refractivity contribution in [2.24, 2.45) is 23.7 Å². The third kappa shape index (κ3) is 2.71. The highest BCUT2D eigenvalue weighted by Gasteiger charge is 2.51. The van der Waals surface area contributed by atoms with Gasteiger partial charge in [-0.25, -0.2) is 0 Å². The fourth-order valence-electron chi connectivity index (χ4n) is 4.41. The number of hydrogen-bond donors (Lipinski definition) is 2. The molecule has 4 atom stereocenters. The fraction of sp³-hybridized carbons (Fsp3) is 0.421. The zero-order chi connectivity index (χ0) is 17.6. The number of anilines is 2. The minimum Gasteiger partial charge on any atom is -0.481 e. The van der Waals surface area contributed by atoms with Crippen molar-refractivity contribution < 1.29 is 19.5 Å². The standard InChI is InChI=1S/C19H20N2O4/c22-15-5-2-8-21(15)14-4-1-3-13(10-14)20-18(23)16-11-6-7-12(9-11)17(16)19(24)25/h1,3-4,6-7,10-12,16-17H,2,5,8-9H2,(H,20,23)(H,24,25). The molecular weight excluding hydrogens is 320 g/mol. The van der Waals surface area contributed by atoms with E-state index in [2.05, 4.69) is 5.32 Å². The topological polar surface area (TPSA) is 86.7 Å². The van der Waals surface area contributed by atoms with Crippen molar-refractivity contribution in [2.45, 2.75) is 19.3 Å². The largest absolute Gasteiger partial charge is 0.481 e. The van der Waals surface area contributed by atoms with Gasteiger partial charge in [-0.05, 0) is 42.9 Å². The number of carboxylic acid groups (broad SMARTS) is 1. The van der Waals surface area contributed by atoms with Crippen LogP contribution in [0.15, 0.2) is 36.4 Å². The molecule has 130 valence electrons. The van der Waals surface area contributed by atoms with Gasteiger partial charge in [-0.1, -0.05) is 18.2 Å². The average Bonchev–Trinajstić information content (AvgIpc) is 3.29. The number of fused-ring (bicyclic) bond motifs is 2. The first kappa shape index (κ1) is 15.9. The first-order valence-electron chi connectivity index (χ1n) is 8.67. The van der Waals surface area contributed by atoms with E-state index in [0.29, 0.717) is 18.7 Å². The van der Waals surface area contributed by atoms with Crippen molar-refractivity contribution in [3.63, 3.8) is 0 Å². The second-order valence-electron chi connectivity index (χ2n) is 7.03. The normalized spacial score (nSPS) is 30.1. The van der Waals surface area contributed by atoms with E-state index in [9.17, 15) is 19.5 Å². The van der Waals surface area contributed by atoms with Crippen molar-refractivity contribution >= 4 is 29.2 Å². The van der Waals surface area contributed by atoms with E-state index in [4.69, 9.17) is 0 Å². The van der Waals surface area contributed by atoms with Crippen LogP contribution in [-0.4, -0.2) is 29.4 Å². The molecule has 1 aromatic rings. The summed E-state index contributed by atoms with van der Waals surface area (Å²) in [5.41, 5.74) is 1.36. The summed E-state index contributed by atoms with van der Waals surface area (Å²) in [6.45, 7) is 0.689. The Bertz CT molecular complexity index is 772. The lowest BCUT2D eigenvalue weighted by Gasteiger charge is -2.24. The zero-order valence-electron chi connectivity index (χ0n) is 13.7. The Kier molecular flexibility index (Phi) is 3.82. The summed E-state index contributed by atoms with van der Waals surface area (Å²) in [4.78, 5) is 37.9. The highest BCUT2D eigenvalue weighted by Crippen LogP contribution is 2.48. The summed E-state index contributed by atoms with van der Waals surface area (Å²) in [6, 6.07) is 7.19. The number of aliphatic carboxylic acids is 1. The predicted molar refractivity (Wildman–Crippen MR) is 92.0 cm³/mol. The number of benzene rings is 1. The number of amides is 2. The van der Waals surface area contributed by atoms with Gasteiger partial charge < -0.3 is 15.3 Å². The van der Waals surface area contributed by atoms with E-state index < -0.39 is 17.8 Å². The maximum absolute atomic E-state index is 12.7. The van der Waals surface area contributed by atoms with Crippen molar-refractivity contribution in [3.8, 4) is 0 Å². The summed E-state index contributed by atoms with van der Waals surface area (Å²) >= 11 is 0. The molecule has 6 heteroatoms. The number of rotatable bonds is 4. The molecule has 0 spiro atoms. The molecule has 2 N–H and O–H groups in total. The maximum Gasteiger partial charge on any atom is 0.307 e. The molecule has 0 radical (unpaired) electrons.